The fraction of sp³-hybridized carbons (Fsp3) is 0.625. The maximum atomic E-state index is 12.0. The predicted octanol–water partition coefficient (Wildman–Crippen LogP) is -0.00180. The van der Waals surface area contributed by atoms with Crippen LogP contribution in [0, 0.1) is 0 Å². The largest absolute Gasteiger partial charge is 0.379 e. The molecule has 13 heteroatoms. The second-order valence-electron chi connectivity index (χ2n) is 7.56. The van der Waals surface area contributed by atoms with Crippen LogP contribution in [-0.2, 0) is 39.8 Å². The summed E-state index contributed by atoms with van der Waals surface area (Å²) in [6.07, 6.45) is 1.56. The number of hydrogen-bond donors (Lipinski definition) is 2. The van der Waals surface area contributed by atoms with Gasteiger partial charge in [0.15, 0.2) is 6.33 Å². The van der Waals surface area contributed by atoms with Gasteiger partial charge in [-0.25, -0.2) is 0 Å². The maximum Gasteiger partial charge on any atom is 0.222 e. The Balaban J connectivity index is 1.32. The first-order valence-corrected chi connectivity index (χ1v) is 12.3. The molecule has 2 aromatic rings. The van der Waals surface area contributed by atoms with E-state index in [1.54, 1.807) is 0 Å². The van der Waals surface area contributed by atoms with Gasteiger partial charge < -0.3 is 39.5 Å². The summed E-state index contributed by atoms with van der Waals surface area (Å²) in [5.74, 6) is 0.374. The third kappa shape index (κ3) is 15.9. The van der Waals surface area contributed by atoms with Gasteiger partial charge in [-0.1, -0.05) is 24.3 Å². The Bertz CT molecular complexity index is 817. The van der Waals surface area contributed by atoms with E-state index in [0.29, 0.717) is 98.2 Å². The fourth-order valence-electron chi connectivity index (χ4n) is 2.83. The molecule has 3 N–H and O–H groups in total. The summed E-state index contributed by atoms with van der Waals surface area (Å²) < 4.78 is 32.3. The predicted molar refractivity (Wildman–Crippen MR) is 133 cm³/mol. The first-order valence-electron chi connectivity index (χ1n) is 12.3. The van der Waals surface area contributed by atoms with E-state index in [1.807, 2.05) is 24.3 Å². The van der Waals surface area contributed by atoms with Gasteiger partial charge in [-0.3, -0.25) is 4.79 Å². The highest BCUT2D eigenvalue weighted by atomic mass is 16.6. The highest BCUT2D eigenvalue weighted by Gasteiger charge is 2.04. The van der Waals surface area contributed by atoms with Crippen molar-refractivity contribution >= 4 is 5.91 Å². The molecule has 0 radical (unpaired) electrons. The Morgan fingerprint density at radius 3 is 1.62 bits per heavy atom. The van der Waals surface area contributed by atoms with Crippen molar-refractivity contribution in [3.63, 3.8) is 0 Å². The van der Waals surface area contributed by atoms with E-state index in [-0.39, 0.29) is 12.3 Å². The summed E-state index contributed by atoms with van der Waals surface area (Å²) in [7, 11) is 0. The van der Waals surface area contributed by atoms with Crippen molar-refractivity contribution in [3.05, 3.63) is 36.2 Å². The molecular formula is C24H38N6O7. The highest BCUT2D eigenvalue weighted by molar-refractivity contribution is 5.75. The molecule has 2 rings (SSSR count). The van der Waals surface area contributed by atoms with Gasteiger partial charge in [-0.15, -0.1) is 20.4 Å². The fourth-order valence-corrected chi connectivity index (χ4v) is 2.83. The lowest BCUT2D eigenvalue weighted by Gasteiger charge is -2.08. The summed E-state index contributed by atoms with van der Waals surface area (Å²) in [6, 6.07) is 7.53. The number of nitrogens with zero attached hydrogens (tertiary/aromatic N) is 4. The highest BCUT2D eigenvalue weighted by Crippen LogP contribution is 2.13. The monoisotopic (exact) mass is 522 g/mol. The van der Waals surface area contributed by atoms with Crippen molar-refractivity contribution < 1.29 is 33.2 Å². The summed E-state index contributed by atoms with van der Waals surface area (Å²) >= 11 is 0. The van der Waals surface area contributed by atoms with Crippen molar-refractivity contribution in [1.82, 2.24) is 25.7 Å². The molecule has 0 unspecified atom stereocenters. The SMILES string of the molecule is NCCOCCOCCOCCOCCOCCOCCC(=O)NCc1ccc(-c2nncnn2)cc1. The molecule has 0 aliphatic heterocycles. The van der Waals surface area contributed by atoms with Gasteiger partial charge >= 0.3 is 0 Å². The van der Waals surface area contributed by atoms with Crippen LogP contribution >= 0.6 is 0 Å². The molecule has 13 nitrogen and oxygen atoms in total. The van der Waals surface area contributed by atoms with Crippen molar-refractivity contribution in [2.24, 2.45) is 5.73 Å². The molecule has 0 saturated carbocycles. The molecule has 0 saturated heterocycles. The third-order valence-corrected chi connectivity index (χ3v) is 4.71. The molecule has 0 aliphatic carbocycles. The first kappa shape index (κ1) is 30.6. The third-order valence-electron chi connectivity index (χ3n) is 4.71. The van der Waals surface area contributed by atoms with Crippen molar-refractivity contribution in [2.45, 2.75) is 13.0 Å². The molecule has 0 bridgehead atoms. The standard InChI is InChI=1S/C24H38N6O7/c25-6-8-33-10-12-35-14-16-37-18-17-36-15-13-34-11-9-32-7-5-23(31)26-19-21-1-3-22(4-2-21)24-29-27-20-28-30-24/h1-4,20H,5-19,25H2,(H,26,31). The molecule has 0 spiro atoms. The molecule has 0 aliphatic rings. The Labute approximate surface area is 217 Å². The van der Waals surface area contributed by atoms with E-state index in [1.165, 1.54) is 6.33 Å². The lowest BCUT2D eigenvalue weighted by atomic mass is 10.1. The minimum atomic E-state index is -0.0801. The first-order chi connectivity index (χ1) is 18.3. The van der Waals surface area contributed by atoms with Crippen LogP contribution in [0.5, 0.6) is 0 Å². The molecule has 1 amide bonds. The Morgan fingerprint density at radius 2 is 1.14 bits per heavy atom. The van der Waals surface area contributed by atoms with Gasteiger partial charge in [0.1, 0.15) is 0 Å². The number of amides is 1. The van der Waals surface area contributed by atoms with Gasteiger partial charge in [-0.05, 0) is 5.56 Å². The van der Waals surface area contributed by atoms with Crippen LogP contribution in [0.3, 0.4) is 0 Å². The van der Waals surface area contributed by atoms with Crippen LogP contribution in [0.15, 0.2) is 30.6 Å². The number of carbonyl (C=O) groups is 1. The van der Waals surface area contributed by atoms with E-state index in [0.717, 1.165) is 11.1 Å². The number of nitrogens with two attached hydrogens (primary N) is 1. The maximum absolute atomic E-state index is 12.0. The molecule has 206 valence electrons. The molecule has 0 atom stereocenters. The van der Waals surface area contributed by atoms with Crippen LogP contribution in [0.2, 0.25) is 0 Å². The molecular weight excluding hydrogens is 484 g/mol. The lowest BCUT2D eigenvalue weighted by Crippen LogP contribution is -2.24. The zero-order valence-corrected chi connectivity index (χ0v) is 21.2. The zero-order chi connectivity index (χ0) is 26.2. The van der Waals surface area contributed by atoms with Crippen LogP contribution in [-0.4, -0.2) is 112 Å². The van der Waals surface area contributed by atoms with Crippen molar-refractivity contribution in [2.75, 3.05) is 85.8 Å². The quantitative estimate of drug-likeness (QED) is 0.188. The van der Waals surface area contributed by atoms with Gasteiger partial charge in [0.25, 0.3) is 0 Å². The van der Waals surface area contributed by atoms with E-state index in [2.05, 4.69) is 25.7 Å². The van der Waals surface area contributed by atoms with Crippen LogP contribution in [0.1, 0.15) is 12.0 Å². The Kier molecular flexibility index (Phi) is 17.7. The van der Waals surface area contributed by atoms with Crippen molar-refractivity contribution in [3.8, 4) is 11.4 Å². The number of hydrogen-bond acceptors (Lipinski definition) is 12. The number of rotatable bonds is 23. The molecule has 0 fully saturated rings. The van der Waals surface area contributed by atoms with Crippen molar-refractivity contribution in [1.29, 1.82) is 0 Å². The normalized spacial score (nSPS) is 11.1. The number of benzene rings is 1. The second-order valence-corrected chi connectivity index (χ2v) is 7.56. The summed E-state index contributed by atoms with van der Waals surface area (Å²) in [5, 5.41) is 18.1. The minimum absolute atomic E-state index is 0.0801. The van der Waals surface area contributed by atoms with Gasteiger partial charge in [0.2, 0.25) is 11.7 Å². The van der Waals surface area contributed by atoms with Crippen LogP contribution in [0.4, 0.5) is 0 Å². The Morgan fingerprint density at radius 1 is 0.676 bits per heavy atom. The van der Waals surface area contributed by atoms with Crippen LogP contribution < -0.4 is 11.1 Å². The summed E-state index contributed by atoms with van der Waals surface area (Å²) in [5.41, 5.74) is 7.09. The smallest absolute Gasteiger partial charge is 0.222 e. The average Bonchev–Trinajstić information content (AvgIpc) is 2.94. The molecule has 1 heterocycles. The number of carbonyl (C=O) groups excluding carboxylic acids is 1. The van der Waals surface area contributed by atoms with E-state index in [4.69, 9.17) is 34.2 Å². The summed E-state index contributed by atoms with van der Waals surface area (Å²) in [6.45, 7) is 6.74. The minimum Gasteiger partial charge on any atom is -0.379 e. The molecule has 1 aromatic heterocycles. The zero-order valence-electron chi connectivity index (χ0n) is 21.2. The Hall–Kier alpha value is -2.65. The molecule has 1 aromatic carbocycles. The lowest BCUT2D eigenvalue weighted by molar-refractivity contribution is -0.122. The average molecular weight is 523 g/mol. The van der Waals surface area contributed by atoms with Gasteiger partial charge in [-0.2, -0.15) is 0 Å². The topological polar surface area (TPSA) is 162 Å². The number of aromatic nitrogens is 4. The second kappa shape index (κ2) is 21.4. The number of nitrogens with one attached hydrogen (secondary N) is 1. The summed E-state index contributed by atoms with van der Waals surface area (Å²) in [4.78, 5) is 12.0. The number of ether oxygens (including phenoxy) is 6. The van der Waals surface area contributed by atoms with Gasteiger partial charge in [0.05, 0.1) is 79.3 Å². The van der Waals surface area contributed by atoms with E-state index >= 15 is 0 Å². The van der Waals surface area contributed by atoms with E-state index in [9.17, 15) is 4.79 Å². The van der Waals surface area contributed by atoms with E-state index < -0.39 is 0 Å². The van der Waals surface area contributed by atoms with Crippen LogP contribution in [0.25, 0.3) is 11.4 Å². The van der Waals surface area contributed by atoms with Gasteiger partial charge in [0, 0.05) is 25.1 Å². The molecule has 37 heavy (non-hydrogen) atoms.